The third-order valence-corrected chi connectivity index (χ3v) is 5.78. The number of esters is 2. The maximum Gasteiger partial charge on any atom is 0.374 e. The number of carbonyl (C=O) groups is 3. The predicted molar refractivity (Wildman–Crippen MR) is 168 cm³/mol. The molecular formula is C37H34O7. The van der Waals surface area contributed by atoms with Crippen molar-refractivity contribution in [2.45, 2.75) is 26.7 Å². The second-order valence-electron chi connectivity index (χ2n) is 9.13. The summed E-state index contributed by atoms with van der Waals surface area (Å²) in [6.07, 6.45) is 7.36. The fourth-order valence-corrected chi connectivity index (χ4v) is 3.64. The summed E-state index contributed by atoms with van der Waals surface area (Å²) in [4.78, 5) is 34.8. The summed E-state index contributed by atoms with van der Waals surface area (Å²) in [5.74, 6) is 11.8. The van der Waals surface area contributed by atoms with E-state index in [0.717, 1.165) is 16.7 Å². The quantitative estimate of drug-likeness (QED) is 0.149. The lowest BCUT2D eigenvalue weighted by molar-refractivity contribution is -0.153. The van der Waals surface area contributed by atoms with Crippen molar-refractivity contribution >= 4 is 17.7 Å². The molecule has 224 valence electrons. The molecule has 7 heteroatoms. The molecule has 0 amide bonds. The number of allylic oxidation sites excluding steroid dienone is 2. The van der Waals surface area contributed by atoms with Crippen LogP contribution < -0.4 is 9.47 Å². The van der Waals surface area contributed by atoms with E-state index in [1.807, 2.05) is 60.7 Å². The number of ether oxygens (including phenoxy) is 4. The third kappa shape index (κ3) is 12.5. The Balaban J connectivity index is 1.35. The molecule has 0 aromatic heterocycles. The fourth-order valence-electron chi connectivity index (χ4n) is 3.64. The molecule has 3 aromatic rings. The van der Waals surface area contributed by atoms with Gasteiger partial charge >= 0.3 is 11.9 Å². The Morgan fingerprint density at radius 1 is 0.614 bits per heavy atom. The first-order valence-electron chi connectivity index (χ1n) is 14.2. The second kappa shape index (κ2) is 18.8. The van der Waals surface area contributed by atoms with Crippen LogP contribution in [-0.4, -0.2) is 44.1 Å². The molecule has 0 radical (unpaired) electrons. The largest absolute Gasteiger partial charge is 0.490 e. The van der Waals surface area contributed by atoms with Crippen LogP contribution in [0.25, 0.3) is 0 Å². The van der Waals surface area contributed by atoms with Gasteiger partial charge in [0.15, 0.2) is 0 Å². The summed E-state index contributed by atoms with van der Waals surface area (Å²) in [6, 6.07) is 22.0. The summed E-state index contributed by atoms with van der Waals surface area (Å²) < 4.78 is 21.0. The molecule has 0 saturated carbocycles. The SMILES string of the molecule is CCOC(=O)Cc1ccc(OC/C=C/C#Cc2ccc(C#C/C=C/COc3ccc(CC(=O)C(=O)OCC)cc3)cc2)cc1. The Hall–Kier alpha value is -5.53. The topological polar surface area (TPSA) is 88.1 Å². The van der Waals surface area contributed by atoms with Gasteiger partial charge in [-0.25, -0.2) is 4.79 Å². The van der Waals surface area contributed by atoms with E-state index in [2.05, 4.69) is 23.7 Å². The van der Waals surface area contributed by atoms with Gasteiger partial charge in [-0.05, 0) is 97.8 Å². The van der Waals surface area contributed by atoms with E-state index < -0.39 is 11.8 Å². The van der Waals surface area contributed by atoms with Crippen molar-refractivity contribution in [1.82, 2.24) is 0 Å². The van der Waals surface area contributed by atoms with Gasteiger partial charge in [0, 0.05) is 17.5 Å². The van der Waals surface area contributed by atoms with Crippen LogP contribution in [0.1, 0.15) is 36.1 Å². The van der Waals surface area contributed by atoms with Crippen molar-refractivity contribution in [2.24, 2.45) is 0 Å². The molecule has 0 heterocycles. The molecule has 0 spiro atoms. The van der Waals surface area contributed by atoms with Crippen molar-refractivity contribution < 1.29 is 33.3 Å². The van der Waals surface area contributed by atoms with E-state index in [0.29, 0.717) is 36.9 Å². The van der Waals surface area contributed by atoms with Gasteiger partial charge < -0.3 is 18.9 Å². The van der Waals surface area contributed by atoms with Gasteiger partial charge in [0.25, 0.3) is 0 Å². The van der Waals surface area contributed by atoms with Gasteiger partial charge in [-0.1, -0.05) is 47.9 Å². The third-order valence-electron chi connectivity index (χ3n) is 5.78. The lowest BCUT2D eigenvalue weighted by Crippen LogP contribution is -2.19. The van der Waals surface area contributed by atoms with E-state index in [1.54, 1.807) is 50.3 Å². The van der Waals surface area contributed by atoms with Crippen molar-refractivity contribution in [3.63, 3.8) is 0 Å². The van der Waals surface area contributed by atoms with Crippen LogP contribution in [0.4, 0.5) is 0 Å². The van der Waals surface area contributed by atoms with Gasteiger partial charge in [0.05, 0.1) is 19.6 Å². The lowest BCUT2D eigenvalue weighted by atomic mass is 10.1. The highest BCUT2D eigenvalue weighted by Gasteiger charge is 2.15. The van der Waals surface area contributed by atoms with Crippen LogP contribution in [0.3, 0.4) is 0 Å². The first kappa shape index (κ1) is 33.0. The van der Waals surface area contributed by atoms with Gasteiger partial charge in [0.2, 0.25) is 5.78 Å². The van der Waals surface area contributed by atoms with Gasteiger partial charge in [-0.15, -0.1) is 0 Å². The first-order chi connectivity index (χ1) is 21.5. The highest BCUT2D eigenvalue weighted by atomic mass is 16.5. The first-order valence-corrected chi connectivity index (χ1v) is 14.2. The Kier molecular flexibility index (Phi) is 14.1. The molecule has 7 nitrogen and oxygen atoms in total. The monoisotopic (exact) mass is 590 g/mol. The number of rotatable bonds is 13. The average molecular weight is 591 g/mol. The molecule has 0 N–H and O–H groups in total. The molecule has 3 aromatic carbocycles. The van der Waals surface area contributed by atoms with E-state index in [9.17, 15) is 14.4 Å². The summed E-state index contributed by atoms with van der Waals surface area (Å²) in [5, 5.41) is 0. The van der Waals surface area contributed by atoms with E-state index >= 15 is 0 Å². The van der Waals surface area contributed by atoms with Crippen molar-refractivity contribution in [3.8, 4) is 35.2 Å². The minimum atomic E-state index is -0.815. The molecule has 0 saturated heterocycles. The molecule has 0 atom stereocenters. The lowest BCUT2D eigenvalue weighted by Gasteiger charge is -2.05. The molecule has 0 aliphatic carbocycles. The number of benzene rings is 3. The number of hydrogen-bond donors (Lipinski definition) is 0. The van der Waals surface area contributed by atoms with Gasteiger partial charge in [0.1, 0.15) is 24.7 Å². The summed E-state index contributed by atoms with van der Waals surface area (Å²) in [7, 11) is 0. The maximum absolute atomic E-state index is 11.8. The summed E-state index contributed by atoms with van der Waals surface area (Å²) >= 11 is 0. The van der Waals surface area contributed by atoms with Crippen LogP contribution in [0.5, 0.6) is 11.5 Å². The molecular weight excluding hydrogens is 556 g/mol. The van der Waals surface area contributed by atoms with Gasteiger partial charge in [-0.3, -0.25) is 9.59 Å². The van der Waals surface area contributed by atoms with E-state index in [-0.39, 0.29) is 25.4 Å². The predicted octanol–water partition coefficient (Wildman–Crippen LogP) is 5.44. The summed E-state index contributed by atoms with van der Waals surface area (Å²) in [6.45, 7) is 4.72. The van der Waals surface area contributed by atoms with Crippen molar-refractivity contribution in [2.75, 3.05) is 26.4 Å². The number of carbonyl (C=O) groups excluding carboxylic acids is 3. The van der Waals surface area contributed by atoms with Crippen molar-refractivity contribution in [1.29, 1.82) is 0 Å². The second-order valence-corrected chi connectivity index (χ2v) is 9.13. The molecule has 0 bridgehead atoms. The zero-order valence-corrected chi connectivity index (χ0v) is 24.8. The van der Waals surface area contributed by atoms with Gasteiger partial charge in [-0.2, -0.15) is 0 Å². The minimum Gasteiger partial charge on any atom is -0.490 e. The number of hydrogen-bond acceptors (Lipinski definition) is 7. The zero-order chi connectivity index (χ0) is 31.4. The zero-order valence-electron chi connectivity index (χ0n) is 24.8. The van der Waals surface area contributed by atoms with E-state index in [4.69, 9.17) is 18.9 Å². The molecule has 44 heavy (non-hydrogen) atoms. The van der Waals surface area contributed by atoms with Crippen LogP contribution >= 0.6 is 0 Å². The minimum absolute atomic E-state index is 0.00602. The van der Waals surface area contributed by atoms with Crippen molar-refractivity contribution in [3.05, 3.63) is 119 Å². The smallest absolute Gasteiger partial charge is 0.374 e. The molecule has 0 aliphatic rings. The van der Waals surface area contributed by atoms with Crippen LogP contribution in [0.2, 0.25) is 0 Å². The Bertz CT molecular complexity index is 1560. The summed E-state index contributed by atoms with van der Waals surface area (Å²) in [5.41, 5.74) is 3.33. The average Bonchev–Trinajstić information content (AvgIpc) is 3.03. The fraction of sp³-hybridized carbons (Fsp3) is 0.216. The number of ketones is 1. The standard InChI is InChI=1S/C37H34O7/c1-3-41-36(39)28-32-19-23-34(24-20-32)44-26-10-6-8-12-30-15-13-29(14-16-30)11-7-5-9-25-43-33-21-17-31(18-22-33)27-35(38)37(40)42-4-2/h5-6,9-10,13-24H,3-4,25-28H2,1-2H3/b9-5+,10-6+. The Morgan fingerprint density at radius 2 is 1.07 bits per heavy atom. The number of Topliss-reactive ketones (excluding diaryl/α,β-unsaturated/α-hetero) is 1. The molecule has 0 fully saturated rings. The molecule has 0 aliphatic heterocycles. The Labute approximate surface area is 258 Å². The van der Waals surface area contributed by atoms with Crippen LogP contribution in [-0.2, 0) is 36.7 Å². The molecule has 0 unspecified atom stereocenters. The van der Waals surface area contributed by atoms with Crippen LogP contribution in [0.15, 0.2) is 97.1 Å². The normalized spacial score (nSPS) is 10.3. The molecule has 3 rings (SSSR count). The highest BCUT2D eigenvalue weighted by molar-refractivity contribution is 6.34. The van der Waals surface area contributed by atoms with Crippen LogP contribution in [0, 0.1) is 23.7 Å². The van der Waals surface area contributed by atoms with E-state index in [1.165, 1.54) is 0 Å². The Morgan fingerprint density at radius 3 is 1.52 bits per heavy atom. The highest BCUT2D eigenvalue weighted by Crippen LogP contribution is 2.14. The maximum atomic E-state index is 11.8.